The number of hydrogen-bond donors (Lipinski definition) is 1. The van der Waals surface area contributed by atoms with Gasteiger partial charge in [0.1, 0.15) is 5.00 Å². The van der Waals surface area contributed by atoms with E-state index in [4.69, 9.17) is 11.6 Å². The average Bonchev–Trinajstić information content (AvgIpc) is 3.31. The summed E-state index contributed by atoms with van der Waals surface area (Å²) in [5, 5.41) is 4.96. The fraction of sp³-hybridized carbons (Fsp3) is 0.400. The Balaban J connectivity index is 1.59. The number of aromatic nitrogens is 1. The summed E-state index contributed by atoms with van der Waals surface area (Å²) in [6.07, 6.45) is 6.92. The fourth-order valence-electron chi connectivity index (χ4n) is 5.03. The Morgan fingerprint density at radius 3 is 2.77 bits per heavy atom. The van der Waals surface area contributed by atoms with E-state index in [9.17, 15) is 4.79 Å². The van der Waals surface area contributed by atoms with E-state index in [0.717, 1.165) is 18.4 Å². The van der Waals surface area contributed by atoms with Crippen LogP contribution < -0.4 is 5.32 Å². The molecule has 0 saturated heterocycles. The molecule has 3 heterocycles. The Labute approximate surface area is 192 Å². The van der Waals surface area contributed by atoms with Crippen LogP contribution in [0.2, 0.25) is 5.02 Å². The molecule has 1 aromatic carbocycles. The molecule has 0 spiro atoms. The van der Waals surface area contributed by atoms with Gasteiger partial charge in [-0.25, -0.2) is 4.79 Å². The first-order valence-corrected chi connectivity index (χ1v) is 12.3. The van der Waals surface area contributed by atoms with Crippen molar-refractivity contribution < 1.29 is 4.79 Å². The Morgan fingerprint density at radius 2 is 2.00 bits per heavy atom. The number of urea groups is 1. The molecule has 0 fully saturated rings. The van der Waals surface area contributed by atoms with E-state index in [0.29, 0.717) is 17.3 Å². The maximum absolute atomic E-state index is 13.7. The molecule has 1 aliphatic carbocycles. The predicted molar refractivity (Wildman–Crippen MR) is 129 cm³/mol. The van der Waals surface area contributed by atoms with E-state index in [1.807, 2.05) is 41.4 Å². The molecule has 0 saturated carbocycles. The minimum Gasteiger partial charge on any atom is -0.311 e. The number of anilines is 1. The molecule has 2 aliphatic rings. The van der Waals surface area contributed by atoms with Crippen LogP contribution in [0.25, 0.3) is 5.00 Å². The second kappa shape index (κ2) is 8.03. The average molecular weight is 454 g/mol. The van der Waals surface area contributed by atoms with Crippen LogP contribution in [0.3, 0.4) is 0 Å². The molecule has 162 valence electrons. The molecule has 4 nitrogen and oxygen atoms in total. The van der Waals surface area contributed by atoms with Crippen LogP contribution in [0, 0.1) is 12.8 Å². The SMILES string of the molecule is Cc1ccc(NC(=O)N2Cc3c(sc4c3CCCC4)-n3cccc3[C@H]2C(C)C)c(Cl)c1. The molecule has 3 aromatic rings. The summed E-state index contributed by atoms with van der Waals surface area (Å²) in [6.45, 7) is 7.00. The first-order valence-electron chi connectivity index (χ1n) is 11.1. The van der Waals surface area contributed by atoms with Crippen LogP contribution in [0.15, 0.2) is 36.5 Å². The second-order valence-electron chi connectivity index (χ2n) is 9.03. The predicted octanol–water partition coefficient (Wildman–Crippen LogP) is 7.12. The van der Waals surface area contributed by atoms with E-state index in [1.165, 1.54) is 39.5 Å². The number of rotatable bonds is 2. The van der Waals surface area contributed by atoms with Crippen LogP contribution in [-0.2, 0) is 19.4 Å². The van der Waals surface area contributed by atoms with Gasteiger partial charge in [0.05, 0.1) is 23.3 Å². The highest BCUT2D eigenvalue weighted by Crippen LogP contribution is 2.44. The van der Waals surface area contributed by atoms with Crippen molar-refractivity contribution in [3.63, 3.8) is 0 Å². The van der Waals surface area contributed by atoms with Crippen LogP contribution in [0.4, 0.5) is 10.5 Å². The first kappa shape index (κ1) is 20.7. The maximum Gasteiger partial charge on any atom is 0.322 e. The Hall–Kier alpha value is -2.24. The molecule has 0 bridgehead atoms. The Bertz CT molecular complexity index is 1150. The maximum atomic E-state index is 13.7. The third-order valence-corrected chi connectivity index (χ3v) is 8.13. The summed E-state index contributed by atoms with van der Waals surface area (Å²) >= 11 is 8.35. The standard InChI is InChI=1S/C25H28ClN3OS/c1-15(2)23-21-8-6-12-28(21)24-18(17-7-4-5-9-22(17)31-24)14-29(23)25(30)27-20-11-10-16(3)13-19(20)26/h6,8,10-13,15,23H,4-5,7,9,14H2,1-3H3,(H,27,30)/t23-/m1/s1. The number of carbonyl (C=O) groups is 1. The number of benzene rings is 1. The lowest BCUT2D eigenvalue weighted by molar-refractivity contribution is 0.161. The molecular formula is C25H28ClN3OS. The van der Waals surface area contributed by atoms with E-state index < -0.39 is 0 Å². The number of fused-ring (bicyclic) bond motifs is 5. The van der Waals surface area contributed by atoms with E-state index >= 15 is 0 Å². The second-order valence-corrected chi connectivity index (χ2v) is 10.5. The summed E-state index contributed by atoms with van der Waals surface area (Å²) in [7, 11) is 0. The van der Waals surface area contributed by atoms with Crippen LogP contribution >= 0.6 is 22.9 Å². The van der Waals surface area contributed by atoms with Gasteiger partial charge in [-0.3, -0.25) is 0 Å². The summed E-state index contributed by atoms with van der Waals surface area (Å²) in [5.41, 5.74) is 5.71. The molecule has 2 aromatic heterocycles. The first-order chi connectivity index (χ1) is 14.9. The summed E-state index contributed by atoms with van der Waals surface area (Å²) in [4.78, 5) is 17.2. The fourth-order valence-corrected chi connectivity index (χ4v) is 6.72. The van der Waals surface area contributed by atoms with Crippen LogP contribution in [-0.4, -0.2) is 15.5 Å². The van der Waals surface area contributed by atoms with Crippen molar-refractivity contribution in [3.8, 4) is 5.00 Å². The van der Waals surface area contributed by atoms with Gasteiger partial charge in [0.2, 0.25) is 0 Å². The smallest absolute Gasteiger partial charge is 0.311 e. The third-order valence-electron chi connectivity index (χ3n) is 6.48. The lowest BCUT2D eigenvalue weighted by atomic mass is 9.94. The van der Waals surface area contributed by atoms with Crippen molar-refractivity contribution in [1.29, 1.82) is 0 Å². The Kier molecular flexibility index (Phi) is 5.35. The van der Waals surface area contributed by atoms with Crippen molar-refractivity contribution in [2.45, 2.75) is 59.0 Å². The van der Waals surface area contributed by atoms with Gasteiger partial charge in [-0.15, -0.1) is 11.3 Å². The lowest BCUT2D eigenvalue weighted by Crippen LogP contribution is -2.39. The highest BCUT2D eigenvalue weighted by Gasteiger charge is 2.36. The largest absolute Gasteiger partial charge is 0.322 e. The third kappa shape index (κ3) is 3.58. The zero-order chi connectivity index (χ0) is 21.7. The quantitative estimate of drug-likeness (QED) is 0.440. The van der Waals surface area contributed by atoms with E-state index in [1.54, 1.807) is 0 Å². The number of aryl methyl sites for hydroxylation is 2. The molecule has 31 heavy (non-hydrogen) atoms. The number of nitrogens with one attached hydrogen (secondary N) is 1. The molecule has 1 aliphatic heterocycles. The molecule has 0 radical (unpaired) electrons. The number of amides is 2. The van der Waals surface area contributed by atoms with Gasteiger partial charge in [-0.1, -0.05) is 31.5 Å². The van der Waals surface area contributed by atoms with Crippen molar-refractivity contribution in [2.75, 3.05) is 5.32 Å². The lowest BCUT2D eigenvalue weighted by Gasteiger charge is -2.33. The molecule has 1 atom stereocenters. The van der Waals surface area contributed by atoms with Crippen LogP contribution in [0.5, 0.6) is 0 Å². The Morgan fingerprint density at radius 1 is 1.19 bits per heavy atom. The topological polar surface area (TPSA) is 37.3 Å². The van der Waals surface area contributed by atoms with Gasteiger partial charge >= 0.3 is 6.03 Å². The van der Waals surface area contributed by atoms with E-state index in [-0.39, 0.29) is 18.0 Å². The van der Waals surface area contributed by atoms with E-state index in [2.05, 4.69) is 42.1 Å². The molecule has 1 N–H and O–H groups in total. The number of hydrogen-bond acceptors (Lipinski definition) is 2. The zero-order valence-electron chi connectivity index (χ0n) is 18.2. The van der Waals surface area contributed by atoms with Gasteiger partial charge in [-0.2, -0.15) is 0 Å². The summed E-state index contributed by atoms with van der Waals surface area (Å²) in [5.74, 6) is 0.276. The van der Waals surface area contributed by atoms with Crippen molar-refractivity contribution in [2.24, 2.45) is 5.92 Å². The van der Waals surface area contributed by atoms with Gasteiger partial charge in [0.25, 0.3) is 0 Å². The number of halogens is 1. The number of carbonyl (C=O) groups excluding carboxylic acids is 1. The number of thiophene rings is 1. The molecule has 0 unspecified atom stereocenters. The summed E-state index contributed by atoms with van der Waals surface area (Å²) < 4.78 is 2.33. The normalized spacial score (nSPS) is 17.7. The van der Waals surface area contributed by atoms with Crippen LogP contribution in [0.1, 0.15) is 60.0 Å². The van der Waals surface area contributed by atoms with Gasteiger partial charge in [0.15, 0.2) is 0 Å². The van der Waals surface area contributed by atoms with Gasteiger partial charge in [-0.05, 0) is 73.9 Å². The van der Waals surface area contributed by atoms with Gasteiger partial charge < -0.3 is 14.8 Å². The zero-order valence-corrected chi connectivity index (χ0v) is 19.8. The van der Waals surface area contributed by atoms with Crippen molar-refractivity contribution in [3.05, 3.63) is 68.8 Å². The van der Waals surface area contributed by atoms with Crippen molar-refractivity contribution >= 4 is 34.7 Å². The molecule has 5 rings (SSSR count). The highest BCUT2D eigenvalue weighted by atomic mass is 35.5. The summed E-state index contributed by atoms with van der Waals surface area (Å²) in [6, 6.07) is 9.90. The van der Waals surface area contributed by atoms with Gasteiger partial charge in [0, 0.05) is 22.3 Å². The minimum absolute atomic E-state index is 0.0157. The molecular weight excluding hydrogens is 426 g/mol. The number of nitrogens with zero attached hydrogens (tertiary/aromatic N) is 2. The monoisotopic (exact) mass is 453 g/mol. The molecule has 2 amide bonds. The van der Waals surface area contributed by atoms with Crippen molar-refractivity contribution in [1.82, 2.24) is 9.47 Å². The highest BCUT2D eigenvalue weighted by molar-refractivity contribution is 7.15. The minimum atomic E-state index is -0.0965. The molecule has 6 heteroatoms.